The van der Waals surface area contributed by atoms with Gasteiger partial charge < -0.3 is 15.0 Å². The number of hydrogen-bond acceptors (Lipinski definition) is 5. The summed E-state index contributed by atoms with van der Waals surface area (Å²) in [5.74, 6) is -0.148. The van der Waals surface area contributed by atoms with Crippen molar-refractivity contribution in [3.8, 4) is 0 Å². The molecule has 7 nitrogen and oxygen atoms in total. The Hall–Kier alpha value is -1.48. The quantitative estimate of drug-likeness (QED) is 0.683. The third kappa shape index (κ3) is 5.76. The first kappa shape index (κ1) is 21.2. The van der Waals surface area contributed by atoms with Crippen LogP contribution >= 0.6 is 0 Å². The standard InChI is InChI=1S/C20H31N3O4S/c1-2-11-23-12-9-17(10-13-23)22-20(24)16-5-7-19(8-6-16)28(25,26)21-15-18-4-3-14-27-18/h5-8,17-18,21H,2-4,9-15H2,1H3,(H,22,24). The number of likely N-dealkylation sites (tertiary alicyclic amines) is 1. The van der Waals surface area contributed by atoms with Gasteiger partial charge in [0.15, 0.2) is 0 Å². The highest BCUT2D eigenvalue weighted by Crippen LogP contribution is 2.15. The predicted octanol–water partition coefficient (Wildman–Crippen LogP) is 1.75. The Bertz CT molecular complexity index is 737. The molecule has 1 aromatic carbocycles. The highest BCUT2D eigenvalue weighted by Gasteiger charge is 2.22. The van der Waals surface area contributed by atoms with Crippen LogP contribution in [0.15, 0.2) is 29.2 Å². The van der Waals surface area contributed by atoms with Gasteiger partial charge in [-0.15, -0.1) is 0 Å². The van der Waals surface area contributed by atoms with Gasteiger partial charge in [0.2, 0.25) is 10.0 Å². The summed E-state index contributed by atoms with van der Waals surface area (Å²) in [6.07, 6.45) is 4.84. The maximum atomic E-state index is 12.5. The van der Waals surface area contributed by atoms with E-state index in [0.29, 0.717) is 12.2 Å². The zero-order chi connectivity index (χ0) is 20.0. The minimum Gasteiger partial charge on any atom is -0.377 e. The zero-order valence-corrected chi connectivity index (χ0v) is 17.3. The van der Waals surface area contributed by atoms with Gasteiger partial charge in [-0.25, -0.2) is 13.1 Å². The monoisotopic (exact) mass is 409 g/mol. The van der Waals surface area contributed by atoms with Crippen LogP contribution in [0, 0.1) is 0 Å². The molecule has 1 aromatic rings. The Morgan fingerprint density at radius 2 is 1.89 bits per heavy atom. The SMILES string of the molecule is CCCN1CCC(NC(=O)c2ccc(S(=O)(=O)NCC3CCCO3)cc2)CC1. The lowest BCUT2D eigenvalue weighted by Gasteiger charge is -2.32. The average molecular weight is 410 g/mol. The smallest absolute Gasteiger partial charge is 0.251 e. The summed E-state index contributed by atoms with van der Waals surface area (Å²) in [6.45, 7) is 6.26. The molecule has 1 unspecified atom stereocenters. The van der Waals surface area contributed by atoms with Crippen molar-refractivity contribution in [3.05, 3.63) is 29.8 Å². The lowest BCUT2D eigenvalue weighted by molar-refractivity contribution is 0.0911. The number of piperidine rings is 1. The van der Waals surface area contributed by atoms with E-state index >= 15 is 0 Å². The summed E-state index contributed by atoms with van der Waals surface area (Å²) in [4.78, 5) is 15.1. The lowest BCUT2D eigenvalue weighted by Crippen LogP contribution is -2.44. The molecule has 8 heteroatoms. The summed E-state index contributed by atoms with van der Waals surface area (Å²) in [5, 5.41) is 3.07. The van der Waals surface area contributed by atoms with E-state index in [2.05, 4.69) is 21.9 Å². The van der Waals surface area contributed by atoms with Gasteiger partial charge in [-0.1, -0.05) is 6.92 Å². The van der Waals surface area contributed by atoms with E-state index in [1.165, 1.54) is 12.1 Å². The van der Waals surface area contributed by atoms with Crippen LogP contribution in [0.4, 0.5) is 0 Å². The van der Waals surface area contributed by atoms with Gasteiger partial charge >= 0.3 is 0 Å². The Balaban J connectivity index is 1.51. The Labute approximate surface area is 167 Å². The zero-order valence-electron chi connectivity index (χ0n) is 16.5. The number of carbonyl (C=O) groups excluding carboxylic acids is 1. The Kier molecular flexibility index (Phi) is 7.45. The van der Waals surface area contributed by atoms with Crippen molar-refractivity contribution in [3.63, 3.8) is 0 Å². The molecule has 156 valence electrons. The van der Waals surface area contributed by atoms with Crippen molar-refractivity contribution < 1.29 is 17.9 Å². The average Bonchev–Trinajstić information content (AvgIpc) is 3.22. The molecule has 0 aliphatic carbocycles. The number of sulfonamides is 1. The van der Waals surface area contributed by atoms with Gasteiger partial charge in [0.1, 0.15) is 0 Å². The van der Waals surface area contributed by atoms with Gasteiger partial charge in [0.25, 0.3) is 5.91 Å². The van der Waals surface area contributed by atoms with Crippen LogP contribution < -0.4 is 10.0 Å². The molecule has 0 bridgehead atoms. The molecule has 0 spiro atoms. The first-order valence-electron chi connectivity index (χ1n) is 10.2. The van der Waals surface area contributed by atoms with Crippen LogP contribution in [0.3, 0.4) is 0 Å². The number of ether oxygens (including phenoxy) is 1. The molecule has 2 heterocycles. The largest absolute Gasteiger partial charge is 0.377 e. The second-order valence-electron chi connectivity index (χ2n) is 7.60. The van der Waals surface area contributed by atoms with Crippen LogP contribution in [0.1, 0.15) is 49.4 Å². The minimum absolute atomic E-state index is 0.0523. The molecule has 0 aromatic heterocycles. The van der Waals surface area contributed by atoms with E-state index < -0.39 is 10.0 Å². The Morgan fingerprint density at radius 1 is 1.18 bits per heavy atom. The van der Waals surface area contributed by atoms with Crippen molar-refractivity contribution in [2.45, 2.75) is 56.1 Å². The van der Waals surface area contributed by atoms with Gasteiger partial charge in [0.05, 0.1) is 11.0 Å². The summed E-state index contributed by atoms with van der Waals surface area (Å²) in [5.41, 5.74) is 0.481. The van der Waals surface area contributed by atoms with Crippen LogP contribution in [-0.2, 0) is 14.8 Å². The van der Waals surface area contributed by atoms with Crippen molar-refractivity contribution in [2.75, 3.05) is 32.8 Å². The molecule has 2 fully saturated rings. The van der Waals surface area contributed by atoms with E-state index in [-0.39, 0.29) is 29.5 Å². The number of benzene rings is 1. The number of nitrogens with one attached hydrogen (secondary N) is 2. The molecular formula is C20H31N3O4S. The summed E-state index contributed by atoms with van der Waals surface area (Å²) >= 11 is 0. The highest BCUT2D eigenvalue weighted by molar-refractivity contribution is 7.89. The van der Waals surface area contributed by atoms with Crippen molar-refractivity contribution >= 4 is 15.9 Å². The molecular weight excluding hydrogens is 378 g/mol. The molecule has 2 N–H and O–H groups in total. The molecule has 28 heavy (non-hydrogen) atoms. The van der Waals surface area contributed by atoms with Crippen LogP contribution in [0.5, 0.6) is 0 Å². The third-order valence-corrected chi connectivity index (χ3v) is 6.85. The second kappa shape index (κ2) is 9.82. The van der Waals surface area contributed by atoms with Gasteiger partial charge in [-0.3, -0.25) is 4.79 Å². The normalized spacial score (nSPS) is 21.7. The molecule has 1 atom stereocenters. The molecule has 2 saturated heterocycles. The number of carbonyl (C=O) groups is 1. The molecule has 0 radical (unpaired) electrons. The summed E-state index contributed by atoms with van der Waals surface area (Å²) < 4.78 is 32.8. The van der Waals surface area contributed by atoms with Crippen LogP contribution in [0.25, 0.3) is 0 Å². The molecule has 0 saturated carbocycles. The molecule has 2 aliphatic rings. The third-order valence-electron chi connectivity index (χ3n) is 5.41. The first-order valence-corrected chi connectivity index (χ1v) is 11.7. The van der Waals surface area contributed by atoms with E-state index in [0.717, 1.165) is 51.7 Å². The van der Waals surface area contributed by atoms with Crippen molar-refractivity contribution in [1.29, 1.82) is 0 Å². The fraction of sp³-hybridized carbons (Fsp3) is 0.650. The minimum atomic E-state index is -3.60. The van der Waals surface area contributed by atoms with Crippen molar-refractivity contribution in [1.82, 2.24) is 14.9 Å². The van der Waals surface area contributed by atoms with E-state index in [1.807, 2.05) is 0 Å². The number of amides is 1. The summed E-state index contributed by atoms with van der Waals surface area (Å²) in [6, 6.07) is 6.29. The Morgan fingerprint density at radius 3 is 2.50 bits per heavy atom. The van der Waals surface area contributed by atoms with Gasteiger partial charge in [-0.05, 0) is 62.9 Å². The second-order valence-corrected chi connectivity index (χ2v) is 9.37. The molecule has 2 aliphatic heterocycles. The lowest BCUT2D eigenvalue weighted by atomic mass is 10.0. The number of rotatable bonds is 8. The van der Waals surface area contributed by atoms with Crippen LogP contribution in [0.2, 0.25) is 0 Å². The topological polar surface area (TPSA) is 87.7 Å². The number of nitrogens with zero attached hydrogens (tertiary/aromatic N) is 1. The molecule has 1 amide bonds. The van der Waals surface area contributed by atoms with Gasteiger partial charge in [-0.2, -0.15) is 0 Å². The fourth-order valence-electron chi connectivity index (χ4n) is 3.76. The fourth-order valence-corrected chi connectivity index (χ4v) is 4.83. The van der Waals surface area contributed by atoms with Crippen molar-refractivity contribution in [2.24, 2.45) is 0 Å². The van der Waals surface area contributed by atoms with E-state index in [1.54, 1.807) is 12.1 Å². The maximum absolute atomic E-state index is 12.5. The van der Waals surface area contributed by atoms with E-state index in [9.17, 15) is 13.2 Å². The number of hydrogen-bond donors (Lipinski definition) is 2. The predicted molar refractivity (Wildman–Crippen MR) is 108 cm³/mol. The highest BCUT2D eigenvalue weighted by atomic mass is 32.2. The summed E-state index contributed by atoms with van der Waals surface area (Å²) in [7, 11) is -3.60. The van der Waals surface area contributed by atoms with E-state index in [4.69, 9.17) is 4.74 Å². The van der Waals surface area contributed by atoms with Crippen LogP contribution in [-0.4, -0.2) is 64.2 Å². The van der Waals surface area contributed by atoms with Gasteiger partial charge in [0, 0.05) is 37.8 Å². The molecule has 3 rings (SSSR count). The maximum Gasteiger partial charge on any atom is 0.251 e. The first-order chi connectivity index (χ1) is 13.5.